The number of hydrogen-bond acceptors (Lipinski definition) is 3. The maximum Gasteiger partial charge on any atom is 0.359 e. The predicted molar refractivity (Wildman–Crippen MR) is 100 cm³/mol. The molecule has 0 aliphatic rings. The smallest absolute Gasteiger partial charge is 0.359 e. The first-order chi connectivity index (χ1) is 11.3. The average molecular weight is 383 g/mol. The van der Waals surface area contributed by atoms with Crippen LogP contribution in [-0.2, 0) is 14.9 Å². The van der Waals surface area contributed by atoms with Crippen molar-refractivity contribution in [2.24, 2.45) is 0 Å². The lowest BCUT2D eigenvalue weighted by atomic mass is 10.1. The van der Waals surface area contributed by atoms with Crippen molar-refractivity contribution in [2.75, 3.05) is 60.1 Å². The van der Waals surface area contributed by atoms with Crippen molar-refractivity contribution in [3.05, 3.63) is 0 Å². The van der Waals surface area contributed by atoms with Crippen molar-refractivity contribution in [3.8, 4) is 0 Å². The van der Waals surface area contributed by atoms with E-state index in [1.54, 1.807) is 0 Å². The lowest BCUT2D eigenvalue weighted by molar-refractivity contribution is -0.890. The molecule has 0 aliphatic heterocycles. The number of likely N-dealkylation sites (N-methyl/N-ethyl adjacent to an activating group) is 1. The third-order valence-electron chi connectivity index (χ3n) is 4.51. The molecule has 0 fully saturated rings. The Morgan fingerprint density at radius 2 is 1.16 bits per heavy atom. The molecular formula is C17H38N2O5S+2. The lowest BCUT2D eigenvalue weighted by Gasteiger charge is -2.29. The Balaban J connectivity index is 3.67. The summed E-state index contributed by atoms with van der Waals surface area (Å²) in [5.74, 6) is -0.909. The van der Waals surface area contributed by atoms with E-state index in [0.717, 1.165) is 49.8 Å². The van der Waals surface area contributed by atoms with Crippen LogP contribution < -0.4 is 0 Å². The molecule has 0 bridgehead atoms. The molecule has 0 heterocycles. The quantitative estimate of drug-likeness (QED) is 0.256. The Labute approximate surface area is 153 Å². The van der Waals surface area contributed by atoms with Crippen molar-refractivity contribution < 1.29 is 31.8 Å². The highest BCUT2D eigenvalue weighted by Crippen LogP contribution is 2.10. The molecule has 0 spiro atoms. The van der Waals surface area contributed by atoms with Gasteiger partial charge in [0.1, 0.15) is 0 Å². The SMILES string of the molecule is C[N+](C)(CCCCCCCC[N+](C)(C)CC(=O)O)CCCS(=O)(=O)O. The fraction of sp³-hybridized carbons (Fsp3) is 0.941. The van der Waals surface area contributed by atoms with E-state index in [-0.39, 0.29) is 12.3 Å². The van der Waals surface area contributed by atoms with E-state index >= 15 is 0 Å². The number of nitrogens with zero attached hydrogens (tertiary/aromatic N) is 2. The second-order valence-electron chi connectivity index (χ2n) is 8.36. The van der Waals surface area contributed by atoms with Crippen LogP contribution in [0.5, 0.6) is 0 Å². The van der Waals surface area contributed by atoms with E-state index in [4.69, 9.17) is 9.66 Å². The summed E-state index contributed by atoms with van der Waals surface area (Å²) in [5, 5.41) is 8.85. The minimum absolute atomic E-state index is 0.161. The van der Waals surface area contributed by atoms with Gasteiger partial charge in [-0.1, -0.05) is 12.8 Å². The summed E-state index contributed by atoms with van der Waals surface area (Å²) >= 11 is 0. The van der Waals surface area contributed by atoms with Gasteiger partial charge in [-0.25, -0.2) is 4.79 Å². The van der Waals surface area contributed by atoms with E-state index in [1.165, 1.54) is 12.8 Å². The van der Waals surface area contributed by atoms with Gasteiger partial charge in [0.15, 0.2) is 6.54 Å². The Bertz CT molecular complexity index is 489. The van der Waals surface area contributed by atoms with Gasteiger partial charge < -0.3 is 14.1 Å². The van der Waals surface area contributed by atoms with Crippen molar-refractivity contribution >= 4 is 16.1 Å². The van der Waals surface area contributed by atoms with Crippen LogP contribution in [0.1, 0.15) is 44.9 Å². The van der Waals surface area contributed by atoms with Crippen LogP contribution in [0.15, 0.2) is 0 Å². The van der Waals surface area contributed by atoms with E-state index in [0.29, 0.717) is 10.9 Å². The van der Waals surface area contributed by atoms with E-state index in [9.17, 15) is 13.2 Å². The monoisotopic (exact) mass is 382 g/mol. The van der Waals surface area contributed by atoms with Gasteiger partial charge in [-0.15, -0.1) is 0 Å². The highest BCUT2D eigenvalue weighted by Gasteiger charge is 2.18. The normalized spacial score (nSPS) is 13.2. The van der Waals surface area contributed by atoms with E-state index < -0.39 is 16.1 Å². The molecule has 0 saturated carbocycles. The molecule has 0 unspecified atom stereocenters. The Morgan fingerprint density at radius 3 is 1.60 bits per heavy atom. The molecule has 0 atom stereocenters. The van der Waals surface area contributed by atoms with Crippen LogP contribution in [0.4, 0.5) is 0 Å². The Kier molecular flexibility index (Phi) is 10.8. The fourth-order valence-corrected chi connectivity index (χ4v) is 3.51. The van der Waals surface area contributed by atoms with Crippen molar-refractivity contribution in [3.63, 3.8) is 0 Å². The van der Waals surface area contributed by atoms with Gasteiger partial charge in [0.2, 0.25) is 0 Å². The molecule has 7 nitrogen and oxygen atoms in total. The van der Waals surface area contributed by atoms with Crippen LogP contribution in [0.25, 0.3) is 0 Å². The summed E-state index contributed by atoms with van der Waals surface area (Å²) in [6, 6.07) is 0. The van der Waals surface area contributed by atoms with Crippen LogP contribution in [0.3, 0.4) is 0 Å². The molecule has 150 valence electrons. The predicted octanol–water partition coefficient (Wildman–Crippen LogP) is 1.84. The number of rotatable bonds is 15. The molecule has 2 N–H and O–H groups in total. The van der Waals surface area contributed by atoms with Gasteiger partial charge in [0, 0.05) is 6.42 Å². The molecule has 0 rings (SSSR count). The number of unbranched alkanes of at least 4 members (excludes halogenated alkanes) is 5. The van der Waals surface area contributed by atoms with E-state index in [1.807, 2.05) is 14.1 Å². The first-order valence-corrected chi connectivity index (χ1v) is 10.7. The maximum atomic E-state index is 10.8. The van der Waals surface area contributed by atoms with E-state index in [2.05, 4.69) is 14.1 Å². The lowest BCUT2D eigenvalue weighted by Crippen LogP contribution is -2.44. The standard InChI is InChI=1S/C17H36N2O5S/c1-18(2,14-11-15-25(22,23)24)12-9-7-5-6-8-10-13-19(3,4)16-17(20)21/h5-16H2,1-4H3/p+2. The highest BCUT2D eigenvalue weighted by atomic mass is 32.2. The van der Waals surface area contributed by atoms with Gasteiger partial charge in [0.05, 0.1) is 53.6 Å². The third-order valence-corrected chi connectivity index (χ3v) is 5.31. The number of carbonyl (C=O) groups is 1. The molecule has 8 heteroatoms. The fourth-order valence-electron chi connectivity index (χ4n) is 3.02. The van der Waals surface area contributed by atoms with Crippen molar-refractivity contribution in [1.29, 1.82) is 0 Å². The summed E-state index contributed by atoms with van der Waals surface area (Å²) in [4.78, 5) is 10.8. The third kappa shape index (κ3) is 16.5. The topological polar surface area (TPSA) is 91.7 Å². The number of carboxylic acids is 1. The van der Waals surface area contributed by atoms with Gasteiger partial charge in [-0.05, 0) is 25.7 Å². The van der Waals surface area contributed by atoms with Crippen molar-refractivity contribution in [1.82, 2.24) is 0 Å². The van der Waals surface area contributed by atoms with Crippen LogP contribution >= 0.6 is 0 Å². The Morgan fingerprint density at radius 1 is 0.760 bits per heavy atom. The minimum atomic E-state index is -3.85. The molecule has 25 heavy (non-hydrogen) atoms. The largest absolute Gasteiger partial charge is 0.477 e. The molecule has 0 aromatic carbocycles. The first-order valence-electron chi connectivity index (χ1n) is 9.14. The number of hydrogen-bond donors (Lipinski definition) is 2. The van der Waals surface area contributed by atoms with Gasteiger partial charge in [-0.2, -0.15) is 8.42 Å². The highest BCUT2D eigenvalue weighted by molar-refractivity contribution is 7.85. The Hall–Kier alpha value is -0.700. The second-order valence-corrected chi connectivity index (χ2v) is 9.93. The molecular weight excluding hydrogens is 344 g/mol. The summed E-state index contributed by atoms with van der Waals surface area (Å²) in [7, 11) is 4.24. The summed E-state index contributed by atoms with van der Waals surface area (Å²) in [6.07, 6.45) is 7.29. The second kappa shape index (κ2) is 11.1. The van der Waals surface area contributed by atoms with Gasteiger partial charge in [-0.3, -0.25) is 4.55 Å². The first kappa shape index (κ1) is 24.3. The minimum Gasteiger partial charge on any atom is -0.477 e. The molecule has 0 radical (unpaired) electrons. The zero-order chi connectivity index (χ0) is 19.6. The van der Waals surface area contributed by atoms with Crippen LogP contribution in [0.2, 0.25) is 0 Å². The summed E-state index contributed by atoms with van der Waals surface area (Å²) in [6.45, 7) is 2.82. The maximum absolute atomic E-state index is 10.8. The number of aliphatic carboxylic acids is 1. The van der Waals surface area contributed by atoms with Crippen LogP contribution in [-0.4, -0.2) is 93.1 Å². The van der Waals surface area contributed by atoms with Gasteiger partial charge in [0.25, 0.3) is 10.1 Å². The molecule has 0 saturated heterocycles. The molecule has 0 aliphatic carbocycles. The number of carboxylic acid groups (broad SMARTS) is 1. The van der Waals surface area contributed by atoms with Crippen LogP contribution in [0, 0.1) is 0 Å². The number of quaternary nitrogens is 2. The van der Waals surface area contributed by atoms with Crippen molar-refractivity contribution in [2.45, 2.75) is 44.9 Å². The molecule has 0 aromatic rings. The average Bonchev–Trinajstić information content (AvgIpc) is 2.38. The summed E-state index contributed by atoms with van der Waals surface area (Å²) < 4.78 is 31.5. The van der Waals surface area contributed by atoms with Gasteiger partial charge >= 0.3 is 5.97 Å². The zero-order valence-electron chi connectivity index (χ0n) is 16.4. The molecule has 0 aromatic heterocycles. The zero-order valence-corrected chi connectivity index (χ0v) is 17.2. The molecule has 0 amide bonds. The summed E-state index contributed by atoms with van der Waals surface area (Å²) in [5.41, 5.74) is 0.